The van der Waals surface area contributed by atoms with Crippen LogP contribution < -0.4 is 11.2 Å². The van der Waals surface area contributed by atoms with Crippen molar-refractivity contribution < 1.29 is 9.60 Å². The molecule has 0 saturated carbocycles. The Morgan fingerprint density at radius 2 is 1.93 bits per heavy atom. The summed E-state index contributed by atoms with van der Waals surface area (Å²) < 4.78 is 16.7. The summed E-state index contributed by atoms with van der Waals surface area (Å²) in [5, 5.41) is 18.1. The van der Waals surface area contributed by atoms with Crippen molar-refractivity contribution in [1.29, 1.82) is 0 Å². The molecule has 2 heterocycles. The zero-order chi connectivity index (χ0) is 19.8. The van der Waals surface area contributed by atoms with Gasteiger partial charge in [-0.3, -0.25) is 9.36 Å². The molecular weight excluding hydrogens is 365 g/mol. The fourth-order valence-electron chi connectivity index (χ4n) is 3.14. The second kappa shape index (κ2) is 6.76. The van der Waals surface area contributed by atoms with Crippen LogP contribution in [0.4, 0.5) is 4.39 Å². The van der Waals surface area contributed by atoms with E-state index in [-0.39, 0.29) is 22.5 Å². The number of hydrogen-bond donors (Lipinski definition) is 1. The molecule has 0 unspecified atom stereocenters. The van der Waals surface area contributed by atoms with E-state index in [1.165, 1.54) is 15.3 Å². The van der Waals surface area contributed by atoms with Crippen LogP contribution in [-0.4, -0.2) is 29.5 Å². The van der Waals surface area contributed by atoms with Gasteiger partial charge in [0.2, 0.25) is 0 Å². The molecule has 142 valence electrons. The third-order valence-electron chi connectivity index (χ3n) is 4.56. The quantitative estimate of drug-likeness (QED) is 0.545. The topological polar surface area (TPSA) is 94.9 Å². The molecule has 0 amide bonds. The van der Waals surface area contributed by atoms with E-state index in [1.807, 2.05) is 0 Å². The van der Waals surface area contributed by atoms with Gasteiger partial charge in [0.25, 0.3) is 5.56 Å². The van der Waals surface area contributed by atoms with Crippen LogP contribution in [0, 0.1) is 5.82 Å². The SMILES string of the molecule is CCn1c(=O)n(O)c(=O)c2cc(-c3cn(Cc4ccccc4F)nn3)ccc21. The number of fused-ring (bicyclic) bond motifs is 1. The van der Waals surface area contributed by atoms with Crippen molar-refractivity contribution >= 4 is 10.9 Å². The summed E-state index contributed by atoms with van der Waals surface area (Å²) in [6.45, 7) is 2.26. The maximum atomic E-state index is 13.8. The van der Waals surface area contributed by atoms with Crippen LogP contribution in [-0.2, 0) is 13.1 Å². The number of benzene rings is 2. The first-order chi connectivity index (χ1) is 13.5. The molecule has 0 spiro atoms. The van der Waals surface area contributed by atoms with Crippen LogP contribution in [0.1, 0.15) is 12.5 Å². The second-order valence-electron chi connectivity index (χ2n) is 6.27. The Labute approximate surface area is 157 Å². The van der Waals surface area contributed by atoms with Gasteiger partial charge in [-0.2, -0.15) is 0 Å². The van der Waals surface area contributed by atoms with Gasteiger partial charge in [-0.05, 0) is 25.1 Å². The molecule has 4 rings (SSSR count). The van der Waals surface area contributed by atoms with Gasteiger partial charge in [-0.25, -0.2) is 13.9 Å². The Balaban J connectivity index is 1.76. The average molecular weight is 381 g/mol. The predicted molar refractivity (Wildman–Crippen MR) is 99.8 cm³/mol. The lowest BCUT2D eigenvalue weighted by atomic mass is 10.1. The summed E-state index contributed by atoms with van der Waals surface area (Å²) in [7, 11) is 0. The molecule has 0 radical (unpaired) electrons. The smallest absolute Gasteiger partial charge is 0.364 e. The Hall–Kier alpha value is -3.75. The second-order valence-corrected chi connectivity index (χ2v) is 6.27. The highest BCUT2D eigenvalue weighted by molar-refractivity contribution is 5.83. The molecule has 0 aliphatic rings. The molecule has 28 heavy (non-hydrogen) atoms. The molecule has 8 nitrogen and oxygen atoms in total. The molecule has 9 heteroatoms. The molecular formula is C19H16FN5O3. The molecule has 0 saturated heterocycles. The van der Waals surface area contributed by atoms with Gasteiger partial charge in [-0.1, -0.05) is 34.2 Å². The number of hydrogen-bond acceptors (Lipinski definition) is 5. The van der Waals surface area contributed by atoms with Crippen LogP contribution in [0.3, 0.4) is 0 Å². The minimum absolute atomic E-state index is 0.102. The van der Waals surface area contributed by atoms with Crippen molar-refractivity contribution in [3.8, 4) is 11.3 Å². The minimum atomic E-state index is -0.801. The van der Waals surface area contributed by atoms with Gasteiger partial charge in [0.1, 0.15) is 11.5 Å². The van der Waals surface area contributed by atoms with Crippen molar-refractivity contribution in [2.24, 2.45) is 0 Å². The summed E-state index contributed by atoms with van der Waals surface area (Å²) in [5.74, 6) is -0.328. The largest absolute Gasteiger partial charge is 0.421 e. The van der Waals surface area contributed by atoms with Crippen LogP contribution in [0.15, 0.2) is 58.3 Å². The van der Waals surface area contributed by atoms with Gasteiger partial charge >= 0.3 is 5.69 Å². The Bertz CT molecular complexity index is 1310. The van der Waals surface area contributed by atoms with E-state index in [2.05, 4.69) is 10.3 Å². The molecule has 4 aromatic rings. The zero-order valence-corrected chi connectivity index (χ0v) is 14.9. The first-order valence-electron chi connectivity index (χ1n) is 8.62. The van der Waals surface area contributed by atoms with Crippen molar-refractivity contribution in [1.82, 2.24) is 24.3 Å². The van der Waals surface area contributed by atoms with E-state index < -0.39 is 11.2 Å². The van der Waals surface area contributed by atoms with Crippen LogP contribution >= 0.6 is 0 Å². The Morgan fingerprint density at radius 1 is 1.14 bits per heavy atom. The number of nitrogens with zero attached hydrogens (tertiary/aromatic N) is 5. The fraction of sp³-hybridized carbons (Fsp3) is 0.158. The van der Waals surface area contributed by atoms with Crippen molar-refractivity contribution in [3.05, 3.63) is 80.9 Å². The Kier molecular flexibility index (Phi) is 4.26. The lowest BCUT2D eigenvalue weighted by molar-refractivity contribution is 0.157. The summed E-state index contributed by atoms with van der Waals surface area (Å²) in [6.07, 6.45) is 1.64. The van der Waals surface area contributed by atoms with Crippen molar-refractivity contribution in [2.45, 2.75) is 20.0 Å². The number of halogens is 1. The predicted octanol–water partition coefficient (Wildman–Crippen LogP) is 1.87. The number of rotatable bonds is 4. The van der Waals surface area contributed by atoms with Crippen LogP contribution in [0.2, 0.25) is 0 Å². The van der Waals surface area contributed by atoms with E-state index >= 15 is 0 Å². The minimum Gasteiger partial charge on any atom is -0.421 e. The van der Waals surface area contributed by atoms with Gasteiger partial charge in [0, 0.05) is 17.7 Å². The van der Waals surface area contributed by atoms with E-state index in [9.17, 15) is 19.2 Å². The van der Waals surface area contributed by atoms with E-state index in [4.69, 9.17) is 0 Å². The van der Waals surface area contributed by atoms with Gasteiger partial charge < -0.3 is 5.21 Å². The van der Waals surface area contributed by atoms with Gasteiger partial charge in [0.05, 0.1) is 23.6 Å². The molecule has 2 aromatic heterocycles. The first kappa shape index (κ1) is 17.7. The maximum Gasteiger partial charge on any atom is 0.364 e. The maximum absolute atomic E-state index is 13.8. The lowest BCUT2D eigenvalue weighted by Crippen LogP contribution is -2.38. The molecule has 2 aromatic carbocycles. The normalized spacial score (nSPS) is 11.2. The third-order valence-corrected chi connectivity index (χ3v) is 4.56. The van der Waals surface area contributed by atoms with E-state index in [0.717, 1.165) is 0 Å². The van der Waals surface area contributed by atoms with Gasteiger partial charge in [-0.15, -0.1) is 5.10 Å². The number of aromatic nitrogens is 5. The van der Waals surface area contributed by atoms with Crippen LogP contribution in [0.5, 0.6) is 0 Å². The molecule has 0 bridgehead atoms. The lowest BCUT2D eigenvalue weighted by Gasteiger charge is -2.09. The van der Waals surface area contributed by atoms with E-state index in [1.54, 1.807) is 49.5 Å². The summed E-state index contributed by atoms with van der Waals surface area (Å²) in [4.78, 5) is 24.3. The van der Waals surface area contributed by atoms with Gasteiger partial charge in [0.15, 0.2) is 0 Å². The summed E-state index contributed by atoms with van der Waals surface area (Å²) >= 11 is 0. The summed E-state index contributed by atoms with van der Waals surface area (Å²) in [5.41, 5.74) is 0.383. The monoisotopic (exact) mass is 381 g/mol. The highest BCUT2D eigenvalue weighted by Gasteiger charge is 2.14. The van der Waals surface area contributed by atoms with Crippen molar-refractivity contribution in [2.75, 3.05) is 0 Å². The van der Waals surface area contributed by atoms with E-state index in [0.29, 0.717) is 28.9 Å². The van der Waals surface area contributed by atoms with Crippen LogP contribution in [0.25, 0.3) is 22.2 Å². The fourth-order valence-corrected chi connectivity index (χ4v) is 3.14. The van der Waals surface area contributed by atoms with Crippen molar-refractivity contribution in [3.63, 3.8) is 0 Å². The number of aryl methyl sites for hydroxylation is 1. The highest BCUT2D eigenvalue weighted by Crippen LogP contribution is 2.21. The zero-order valence-electron chi connectivity index (χ0n) is 14.9. The molecule has 0 aliphatic carbocycles. The molecule has 0 aliphatic heterocycles. The summed E-state index contributed by atoms with van der Waals surface area (Å²) in [6, 6.07) is 11.3. The third kappa shape index (κ3) is 2.86. The highest BCUT2D eigenvalue weighted by atomic mass is 19.1. The standard InChI is InChI=1S/C19H16FN5O3/c1-2-24-17-8-7-12(9-14(17)18(26)25(28)19(24)27)16-11-23(22-21-16)10-13-5-3-4-6-15(13)20/h3-9,11,28H,2,10H2,1H3. The average Bonchev–Trinajstić information content (AvgIpc) is 3.17. The first-order valence-corrected chi connectivity index (χ1v) is 8.62. The Morgan fingerprint density at radius 3 is 2.68 bits per heavy atom. The molecule has 1 N–H and O–H groups in total. The molecule has 0 fully saturated rings. The molecule has 0 atom stereocenters.